The highest BCUT2D eigenvalue weighted by molar-refractivity contribution is 8.18. The van der Waals surface area contributed by atoms with Gasteiger partial charge in [-0.15, -0.1) is 0 Å². The number of amides is 1. The van der Waals surface area contributed by atoms with Crippen LogP contribution in [0.2, 0.25) is 0 Å². The van der Waals surface area contributed by atoms with E-state index in [4.69, 9.17) is 14.2 Å². The number of rotatable bonds is 4. The second-order valence-corrected chi connectivity index (χ2v) is 7.48. The Bertz CT molecular complexity index is 1010. The predicted octanol–water partition coefficient (Wildman–Crippen LogP) is 4.32. The van der Waals surface area contributed by atoms with Gasteiger partial charge >= 0.3 is 0 Å². The summed E-state index contributed by atoms with van der Waals surface area (Å²) in [6.45, 7) is 6.65. The molecule has 1 fully saturated rings. The van der Waals surface area contributed by atoms with Crippen LogP contribution in [0, 0.1) is 13.8 Å². The number of hydrogen-bond acceptors (Lipinski definition) is 6. The van der Waals surface area contributed by atoms with E-state index < -0.39 is 0 Å². The van der Waals surface area contributed by atoms with Crippen LogP contribution >= 0.6 is 11.8 Å². The van der Waals surface area contributed by atoms with E-state index in [-0.39, 0.29) is 12.7 Å². The topological polar surface area (TPSA) is 69.2 Å². The molecule has 2 aromatic carbocycles. The molecule has 2 heterocycles. The van der Waals surface area contributed by atoms with Crippen LogP contribution in [0.1, 0.15) is 23.6 Å². The Hall–Kier alpha value is -2.93. The first kappa shape index (κ1) is 18.4. The fourth-order valence-corrected chi connectivity index (χ4v) is 3.82. The van der Waals surface area contributed by atoms with Crippen molar-refractivity contribution in [3.8, 4) is 17.2 Å². The normalized spacial score (nSPS) is 18.0. The lowest BCUT2D eigenvalue weighted by Gasteiger charge is -2.09. The molecule has 4 rings (SSSR count). The van der Waals surface area contributed by atoms with E-state index in [1.165, 1.54) is 17.3 Å². The largest absolute Gasteiger partial charge is 0.493 e. The molecule has 2 aliphatic heterocycles. The summed E-state index contributed by atoms with van der Waals surface area (Å²) in [5.41, 5.74) is 3.84. The first-order valence-corrected chi connectivity index (χ1v) is 9.78. The Morgan fingerprint density at radius 2 is 2.00 bits per heavy atom. The van der Waals surface area contributed by atoms with Gasteiger partial charge in [-0.2, -0.15) is 0 Å². The number of benzene rings is 2. The number of nitrogens with one attached hydrogen (secondary N) is 1. The molecule has 0 radical (unpaired) electrons. The highest BCUT2D eigenvalue weighted by Gasteiger charge is 2.25. The van der Waals surface area contributed by atoms with Gasteiger partial charge in [-0.1, -0.05) is 17.7 Å². The quantitative estimate of drug-likeness (QED) is 0.780. The number of nitrogens with zero attached hydrogens (tertiary/aromatic N) is 1. The molecule has 144 valence electrons. The smallest absolute Gasteiger partial charge is 0.264 e. The van der Waals surface area contributed by atoms with E-state index in [1.54, 1.807) is 12.1 Å². The van der Waals surface area contributed by atoms with Gasteiger partial charge < -0.3 is 19.5 Å². The second-order valence-electron chi connectivity index (χ2n) is 6.45. The Morgan fingerprint density at radius 3 is 2.75 bits per heavy atom. The Morgan fingerprint density at radius 1 is 1.21 bits per heavy atom. The molecule has 0 spiro atoms. The number of amidine groups is 1. The lowest BCUT2D eigenvalue weighted by molar-refractivity contribution is -0.115. The van der Waals surface area contributed by atoms with E-state index in [0.29, 0.717) is 33.9 Å². The maximum atomic E-state index is 12.4. The molecule has 7 heteroatoms. The number of fused-ring (bicyclic) bond motifs is 1. The molecule has 0 saturated carbocycles. The Labute approximate surface area is 167 Å². The third-order valence-corrected chi connectivity index (χ3v) is 5.23. The van der Waals surface area contributed by atoms with Crippen molar-refractivity contribution in [2.24, 2.45) is 4.99 Å². The molecule has 0 aromatic heterocycles. The van der Waals surface area contributed by atoms with Crippen LogP contribution in [-0.4, -0.2) is 24.5 Å². The molecule has 2 aliphatic rings. The fraction of sp³-hybridized carbons (Fsp3) is 0.238. The van der Waals surface area contributed by atoms with Gasteiger partial charge in [0.1, 0.15) is 5.75 Å². The zero-order chi connectivity index (χ0) is 19.7. The molecule has 1 saturated heterocycles. The summed E-state index contributed by atoms with van der Waals surface area (Å²) in [5.74, 6) is 1.75. The van der Waals surface area contributed by atoms with Crippen LogP contribution in [0.3, 0.4) is 0 Å². The Kier molecular flexibility index (Phi) is 5.00. The number of thioether (sulfide) groups is 1. The molecule has 6 nitrogen and oxygen atoms in total. The molecule has 28 heavy (non-hydrogen) atoms. The average Bonchev–Trinajstić information content (AvgIpc) is 3.24. The van der Waals surface area contributed by atoms with Gasteiger partial charge in [-0.25, -0.2) is 4.99 Å². The van der Waals surface area contributed by atoms with E-state index in [1.807, 2.05) is 39.0 Å². The summed E-state index contributed by atoms with van der Waals surface area (Å²) >= 11 is 1.30. The molecule has 1 N–H and O–H groups in total. The SMILES string of the molecule is CCOc1cc2c(cc1C=C1SC(=Nc3ccc(C)cc3C)NC1=O)OCO2. The predicted molar refractivity (Wildman–Crippen MR) is 110 cm³/mol. The van der Waals surface area contributed by atoms with Crippen molar-refractivity contribution < 1.29 is 19.0 Å². The third kappa shape index (κ3) is 3.71. The fourth-order valence-electron chi connectivity index (χ4n) is 2.99. The van der Waals surface area contributed by atoms with E-state index >= 15 is 0 Å². The van der Waals surface area contributed by atoms with Gasteiger partial charge in [0, 0.05) is 11.6 Å². The van der Waals surface area contributed by atoms with E-state index in [2.05, 4.69) is 16.4 Å². The minimum absolute atomic E-state index is 0.183. The van der Waals surface area contributed by atoms with Crippen molar-refractivity contribution in [3.05, 3.63) is 51.9 Å². The molecule has 0 unspecified atom stereocenters. The summed E-state index contributed by atoms with van der Waals surface area (Å²) in [6, 6.07) is 9.65. The molecule has 0 atom stereocenters. The lowest BCUT2D eigenvalue weighted by atomic mass is 10.1. The van der Waals surface area contributed by atoms with Crippen molar-refractivity contribution in [1.29, 1.82) is 0 Å². The maximum absolute atomic E-state index is 12.4. The van der Waals surface area contributed by atoms with Crippen molar-refractivity contribution in [3.63, 3.8) is 0 Å². The van der Waals surface area contributed by atoms with Crippen LogP contribution in [-0.2, 0) is 4.79 Å². The van der Waals surface area contributed by atoms with Crippen LogP contribution < -0.4 is 19.5 Å². The van der Waals surface area contributed by atoms with Crippen molar-refractivity contribution in [2.75, 3.05) is 13.4 Å². The molecule has 2 aromatic rings. The number of hydrogen-bond donors (Lipinski definition) is 1. The van der Waals surface area contributed by atoms with Crippen LogP contribution in [0.4, 0.5) is 5.69 Å². The van der Waals surface area contributed by atoms with Crippen molar-refractivity contribution in [1.82, 2.24) is 5.32 Å². The van der Waals surface area contributed by atoms with Gasteiger partial charge in [-0.3, -0.25) is 4.79 Å². The molecule has 0 bridgehead atoms. The van der Waals surface area contributed by atoms with Gasteiger partial charge in [0.15, 0.2) is 16.7 Å². The lowest BCUT2D eigenvalue weighted by Crippen LogP contribution is -2.19. The van der Waals surface area contributed by atoms with Gasteiger partial charge in [0.2, 0.25) is 6.79 Å². The van der Waals surface area contributed by atoms with Gasteiger partial charge in [0.05, 0.1) is 17.2 Å². The van der Waals surface area contributed by atoms with Crippen molar-refractivity contribution >= 4 is 34.6 Å². The first-order chi connectivity index (χ1) is 13.5. The Balaban J connectivity index is 1.64. The van der Waals surface area contributed by atoms with Gasteiger partial charge in [0.25, 0.3) is 5.91 Å². The zero-order valence-corrected chi connectivity index (χ0v) is 16.7. The monoisotopic (exact) mass is 396 g/mol. The van der Waals surface area contributed by atoms with Crippen LogP contribution in [0.5, 0.6) is 17.2 Å². The third-order valence-electron chi connectivity index (χ3n) is 4.32. The molecular weight excluding hydrogens is 376 g/mol. The molecule has 1 amide bonds. The maximum Gasteiger partial charge on any atom is 0.264 e. The summed E-state index contributed by atoms with van der Waals surface area (Å²) in [5, 5.41) is 3.38. The minimum atomic E-state index is -0.186. The van der Waals surface area contributed by atoms with E-state index in [9.17, 15) is 4.79 Å². The zero-order valence-electron chi connectivity index (χ0n) is 15.9. The van der Waals surface area contributed by atoms with Crippen molar-refractivity contribution in [2.45, 2.75) is 20.8 Å². The number of carbonyl (C=O) groups excluding carboxylic acids is 1. The number of aryl methyl sites for hydroxylation is 2. The molecule has 0 aliphatic carbocycles. The summed E-state index contributed by atoms with van der Waals surface area (Å²) < 4.78 is 16.6. The minimum Gasteiger partial charge on any atom is -0.493 e. The number of ether oxygens (including phenoxy) is 3. The standard InChI is InChI=1S/C21H20N2O4S/c1-4-25-16-10-18-17(26-11-27-18)8-14(16)9-19-20(24)23-21(28-19)22-15-6-5-12(2)7-13(15)3/h5-10H,4,11H2,1-3H3,(H,22,23,24). The number of carbonyl (C=O) groups is 1. The average molecular weight is 396 g/mol. The number of aliphatic imine (C=N–C) groups is 1. The molecular formula is C21H20N2O4S. The first-order valence-electron chi connectivity index (χ1n) is 8.97. The summed E-state index contributed by atoms with van der Waals surface area (Å²) in [7, 11) is 0. The van der Waals surface area contributed by atoms with E-state index in [0.717, 1.165) is 16.8 Å². The van der Waals surface area contributed by atoms with Gasteiger partial charge in [-0.05, 0) is 56.3 Å². The summed E-state index contributed by atoms with van der Waals surface area (Å²) in [6.07, 6.45) is 1.79. The second kappa shape index (κ2) is 7.59. The summed E-state index contributed by atoms with van der Waals surface area (Å²) in [4.78, 5) is 17.6. The highest BCUT2D eigenvalue weighted by atomic mass is 32.2. The van der Waals surface area contributed by atoms with Crippen LogP contribution in [0.25, 0.3) is 6.08 Å². The van der Waals surface area contributed by atoms with Crippen LogP contribution in [0.15, 0.2) is 40.2 Å². The highest BCUT2D eigenvalue weighted by Crippen LogP contribution is 2.40.